The Bertz CT molecular complexity index is 1310. The molecule has 5 aromatic rings. The van der Waals surface area contributed by atoms with Gasteiger partial charge < -0.3 is 20.0 Å². The van der Waals surface area contributed by atoms with E-state index in [4.69, 9.17) is 23.2 Å². The van der Waals surface area contributed by atoms with Gasteiger partial charge in [-0.2, -0.15) is 0 Å². The molecule has 3 N–H and O–H groups in total. The first-order chi connectivity index (χ1) is 15.1. The molecule has 0 fully saturated rings. The molecule has 0 aliphatic carbocycles. The molecule has 31 heavy (non-hydrogen) atoms. The van der Waals surface area contributed by atoms with Crippen LogP contribution in [-0.2, 0) is 13.0 Å². The van der Waals surface area contributed by atoms with E-state index in [0.29, 0.717) is 23.1 Å². The van der Waals surface area contributed by atoms with E-state index in [1.807, 2.05) is 42.5 Å². The molecule has 0 radical (unpaired) electrons. The zero-order valence-corrected chi connectivity index (χ0v) is 18.4. The van der Waals surface area contributed by atoms with Gasteiger partial charge in [0.05, 0.1) is 12.6 Å². The van der Waals surface area contributed by atoms with Crippen LogP contribution in [0.1, 0.15) is 5.56 Å². The van der Waals surface area contributed by atoms with Crippen LogP contribution in [0.5, 0.6) is 0 Å². The number of halogens is 2. The van der Waals surface area contributed by atoms with E-state index >= 15 is 0 Å². The molecule has 0 saturated heterocycles. The highest BCUT2D eigenvalue weighted by Gasteiger charge is 2.14. The molecular formula is C25H23Cl2N3O. The van der Waals surface area contributed by atoms with E-state index in [9.17, 15) is 5.11 Å². The number of benzene rings is 3. The molecule has 3 aromatic carbocycles. The van der Waals surface area contributed by atoms with Crippen molar-refractivity contribution in [3.05, 3.63) is 82.5 Å². The molecular weight excluding hydrogens is 429 g/mol. The van der Waals surface area contributed by atoms with Crippen LogP contribution in [0, 0.1) is 0 Å². The topological polar surface area (TPSA) is 53.0 Å². The summed E-state index contributed by atoms with van der Waals surface area (Å²) in [6.07, 6.45) is 2.45. The Hall–Kier alpha value is -2.50. The molecule has 0 aliphatic rings. The minimum Gasteiger partial charge on any atom is -0.390 e. The van der Waals surface area contributed by atoms with E-state index in [1.54, 1.807) is 0 Å². The summed E-state index contributed by atoms with van der Waals surface area (Å²) in [5.41, 5.74) is 4.52. The Morgan fingerprint density at radius 3 is 2.29 bits per heavy atom. The minimum atomic E-state index is -0.520. The molecule has 0 amide bonds. The number of nitrogens with zero attached hydrogens (tertiary/aromatic N) is 1. The lowest BCUT2D eigenvalue weighted by atomic mass is 10.1. The van der Waals surface area contributed by atoms with Gasteiger partial charge in [0.1, 0.15) is 0 Å². The molecule has 2 heterocycles. The summed E-state index contributed by atoms with van der Waals surface area (Å²) < 4.78 is 2.14. The van der Waals surface area contributed by atoms with Crippen LogP contribution in [-0.4, -0.2) is 33.9 Å². The Morgan fingerprint density at radius 1 is 0.903 bits per heavy atom. The fourth-order valence-corrected chi connectivity index (χ4v) is 4.69. The van der Waals surface area contributed by atoms with Crippen molar-refractivity contribution >= 4 is 55.9 Å². The molecule has 0 aliphatic heterocycles. The number of rotatable bonds is 7. The fourth-order valence-electron chi connectivity index (χ4n) is 4.35. The molecule has 5 rings (SSSR count). The Kier molecular flexibility index (Phi) is 5.63. The zero-order valence-electron chi connectivity index (χ0n) is 16.9. The maximum Gasteiger partial charge on any atom is 0.0843 e. The Morgan fingerprint density at radius 2 is 1.58 bits per heavy atom. The number of H-pyrrole nitrogens is 1. The van der Waals surface area contributed by atoms with Gasteiger partial charge in [-0.1, -0.05) is 41.4 Å². The van der Waals surface area contributed by atoms with Gasteiger partial charge in [-0.05, 0) is 61.0 Å². The van der Waals surface area contributed by atoms with Crippen molar-refractivity contribution in [1.29, 1.82) is 0 Å². The number of hydrogen-bond acceptors (Lipinski definition) is 2. The molecule has 0 spiro atoms. The monoisotopic (exact) mass is 451 g/mol. The lowest BCUT2D eigenvalue weighted by molar-refractivity contribution is 0.154. The highest BCUT2D eigenvalue weighted by Crippen LogP contribution is 2.33. The molecule has 4 nitrogen and oxygen atoms in total. The summed E-state index contributed by atoms with van der Waals surface area (Å²) in [7, 11) is 0. The van der Waals surface area contributed by atoms with Crippen molar-refractivity contribution in [3.63, 3.8) is 0 Å². The van der Waals surface area contributed by atoms with Gasteiger partial charge in [0, 0.05) is 55.5 Å². The standard InChI is InChI=1S/C25H23Cl2N3O/c26-17-5-7-24-21(11-17)22-12-18(27)6-8-25(22)30(24)15-19(31)14-28-10-9-16-13-29-23-4-2-1-3-20(16)23/h1-8,11-13,19,28-29,31H,9-10,14-15H2/t19-/m0/s1. The number of nitrogens with one attached hydrogen (secondary N) is 2. The molecule has 158 valence electrons. The van der Waals surface area contributed by atoms with E-state index in [-0.39, 0.29) is 0 Å². The number of aromatic amines is 1. The van der Waals surface area contributed by atoms with Gasteiger partial charge in [0.2, 0.25) is 0 Å². The lowest BCUT2D eigenvalue weighted by Gasteiger charge is -2.15. The zero-order chi connectivity index (χ0) is 21.4. The van der Waals surface area contributed by atoms with Crippen LogP contribution >= 0.6 is 23.2 Å². The van der Waals surface area contributed by atoms with Crippen LogP contribution in [0.3, 0.4) is 0 Å². The first-order valence-electron chi connectivity index (χ1n) is 10.4. The maximum atomic E-state index is 10.7. The summed E-state index contributed by atoms with van der Waals surface area (Å²) in [5.74, 6) is 0. The largest absolute Gasteiger partial charge is 0.390 e. The number of aliphatic hydroxyl groups excluding tert-OH is 1. The lowest BCUT2D eigenvalue weighted by Crippen LogP contribution is -2.31. The van der Waals surface area contributed by atoms with Crippen molar-refractivity contribution in [1.82, 2.24) is 14.9 Å². The molecule has 1 atom stereocenters. The van der Waals surface area contributed by atoms with Crippen LogP contribution in [0.4, 0.5) is 0 Å². The minimum absolute atomic E-state index is 0.489. The summed E-state index contributed by atoms with van der Waals surface area (Å²) in [5, 5.41) is 18.9. The van der Waals surface area contributed by atoms with Crippen molar-refractivity contribution in [2.75, 3.05) is 13.1 Å². The predicted molar refractivity (Wildman–Crippen MR) is 130 cm³/mol. The third-order valence-electron chi connectivity index (χ3n) is 5.81. The Balaban J connectivity index is 1.28. The number of aliphatic hydroxyl groups is 1. The van der Waals surface area contributed by atoms with Gasteiger partial charge in [0.15, 0.2) is 0 Å². The van der Waals surface area contributed by atoms with Gasteiger partial charge in [-0.25, -0.2) is 0 Å². The predicted octanol–water partition coefficient (Wildman–Crippen LogP) is 5.78. The summed E-state index contributed by atoms with van der Waals surface area (Å²) in [6, 6.07) is 20.0. The molecule has 0 unspecified atom stereocenters. The summed E-state index contributed by atoms with van der Waals surface area (Å²) in [4.78, 5) is 3.31. The van der Waals surface area contributed by atoms with Gasteiger partial charge in [-0.3, -0.25) is 0 Å². The molecule has 0 bridgehead atoms. The van der Waals surface area contributed by atoms with Crippen molar-refractivity contribution in [2.45, 2.75) is 19.1 Å². The van der Waals surface area contributed by atoms with Crippen LogP contribution in [0.15, 0.2) is 66.9 Å². The van der Waals surface area contributed by atoms with Crippen LogP contribution < -0.4 is 5.32 Å². The highest BCUT2D eigenvalue weighted by molar-refractivity contribution is 6.33. The SMILES string of the molecule is O[C@@H](CNCCc1c[nH]c2ccccc12)Cn1c2ccc(Cl)cc2c2cc(Cl)ccc21. The molecule has 6 heteroatoms. The third-order valence-corrected chi connectivity index (χ3v) is 6.28. The van der Waals surface area contributed by atoms with Gasteiger partial charge >= 0.3 is 0 Å². The van der Waals surface area contributed by atoms with E-state index in [1.165, 1.54) is 10.9 Å². The number of para-hydroxylation sites is 1. The van der Waals surface area contributed by atoms with Crippen molar-refractivity contribution < 1.29 is 5.11 Å². The first-order valence-corrected chi connectivity index (χ1v) is 11.2. The summed E-state index contributed by atoms with van der Waals surface area (Å²) in [6.45, 7) is 1.81. The van der Waals surface area contributed by atoms with E-state index in [2.05, 4.69) is 39.3 Å². The average Bonchev–Trinajstić information content (AvgIpc) is 3.30. The van der Waals surface area contributed by atoms with E-state index < -0.39 is 6.10 Å². The second-order valence-corrected chi connectivity index (χ2v) is 8.77. The van der Waals surface area contributed by atoms with Crippen LogP contribution in [0.25, 0.3) is 32.7 Å². The number of fused-ring (bicyclic) bond motifs is 4. The smallest absolute Gasteiger partial charge is 0.0843 e. The molecule has 2 aromatic heterocycles. The fraction of sp³-hybridized carbons (Fsp3) is 0.200. The van der Waals surface area contributed by atoms with Crippen molar-refractivity contribution in [3.8, 4) is 0 Å². The average molecular weight is 452 g/mol. The highest BCUT2D eigenvalue weighted by atomic mass is 35.5. The number of aromatic nitrogens is 2. The first kappa shape index (κ1) is 20.4. The van der Waals surface area contributed by atoms with Gasteiger partial charge in [-0.15, -0.1) is 0 Å². The van der Waals surface area contributed by atoms with Crippen LogP contribution in [0.2, 0.25) is 10.0 Å². The second-order valence-electron chi connectivity index (χ2n) is 7.90. The summed E-state index contributed by atoms with van der Waals surface area (Å²) >= 11 is 12.5. The van der Waals surface area contributed by atoms with E-state index in [0.717, 1.165) is 40.3 Å². The maximum absolute atomic E-state index is 10.7. The number of hydrogen-bond donors (Lipinski definition) is 3. The van der Waals surface area contributed by atoms with Crippen molar-refractivity contribution in [2.24, 2.45) is 0 Å². The Labute approximate surface area is 190 Å². The quantitative estimate of drug-likeness (QED) is 0.275. The third kappa shape index (κ3) is 4.04. The normalized spacial score (nSPS) is 12.9. The second kappa shape index (κ2) is 8.56. The van der Waals surface area contributed by atoms with Gasteiger partial charge in [0.25, 0.3) is 0 Å². The molecule has 0 saturated carbocycles.